The van der Waals surface area contributed by atoms with E-state index in [-0.39, 0.29) is 0 Å². The molecule has 0 bridgehead atoms. The molecule has 0 spiro atoms. The summed E-state index contributed by atoms with van der Waals surface area (Å²) in [5, 5.41) is 6.11. The average molecular weight is 264 g/mol. The third-order valence-corrected chi connectivity index (χ3v) is 5.44. The summed E-state index contributed by atoms with van der Waals surface area (Å²) in [6, 6.07) is 5.99. The lowest BCUT2D eigenvalue weighted by Crippen LogP contribution is -2.49. The normalized spacial score (nSPS) is 30.9. The van der Waals surface area contributed by atoms with Crippen molar-refractivity contribution in [2.24, 2.45) is 0 Å². The van der Waals surface area contributed by atoms with Crippen LogP contribution in [0.3, 0.4) is 0 Å². The summed E-state index contributed by atoms with van der Waals surface area (Å²) in [4.78, 5) is 4.07. The SMILES string of the molecule is CN1CC(NC2CCCC2)CC(c2cccs2)C1. The first-order chi connectivity index (χ1) is 8.81. The van der Waals surface area contributed by atoms with Crippen molar-refractivity contribution in [2.75, 3.05) is 20.1 Å². The van der Waals surface area contributed by atoms with Crippen LogP contribution >= 0.6 is 11.3 Å². The van der Waals surface area contributed by atoms with Crippen LogP contribution in [-0.2, 0) is 0 Å². The second-order valence-corrected chi connectivity index (χ2v) is 6.99. The van der Waals surface area contributed by atoms with Gasteiger partial charge in [0.15, 0.2) is 0 Å². The lowest BCUT2D eigenvalue weighted by Gasteiger charge is -2.37. The lowest BCUT2D eigenvalue weighted by atomic mass is 9.92. The van der Waals surface area contributed by atoms with Gasteiger partial charge in [-0.25, -0.2) is 0 Å². The quantitative estimate of drug-likeness (QED) is 0.902. The van der Waals surface area contributed by atoms with E-state index in [9.17, 15) is 0 Å². The number of hydrogen-bond acceptors (Lipinski definition) is 3. The van der Waals surface area contributed by atoms with Crippen molar-refractivity contribution < 1.29 is 0 Å². The Bertz CT molecular complexity index is 357. The summed E-state index contributed by atoms with van der Waals surface area (Å²) < 4.78 is 0. The maximum Gasteiger partial charge on any atom is 0.0204 e. The zero-order valence-corrected chi connectivity index (χ0v) is 12.1. The molecular formula is C15H24N2S. The fourth-order valence-corrected chi connectivity index (χ4v) is 4.43. The van der Waals surface area contributed by atoms with Gasteiger partial charge in [0, 0.05) is 36.0 Å². The van der Waals surface area contributed by atoms with E-state index in [0.717, 1.165) is 12.0 Å². The van der Waals surface area contributed by atoms with Crippen LogP contribution < -0.4 is 5.32 Å². The molecule has 2 aliphatic rings. The first-order valence-corrected chi connectivity index (χ1v) is 8.17. The monoisotopic (exact) mass is 264 g/mol. The summed E-state index contributed by atoms with van der Waals surface area (Å²) >= 11 is 1.92. The van der Waals surface area contributed by atoms with Gasteiger partial charge in [-0.1, -0.05) is 18.9 Å². The number of likely N-dealkylation sites (N-methyl/N-ethyl adjacent to an activating group) is 1. The zero-order chi connectivity index (χ0) is 12.4. The van der Waals surface area contributed by atoms with Crippen LogP contribution in [0.15, 0.2) is 17.5 Å². The maximum atomic E-state index is 3.90. The Balaban J connectivity index is 1.61. The molecule has 2 atom stereocenters. The van der Waals surface area contributed by atoms with Crippen molar-refractivity contribution in [3.05, 3.63) is 22.4 Å². The number of hydrogen-bond donors (Lipinski definition) is 1. The zero-order valence-electron chi connectivity index (χ0n) is 11.3. The van der Waals surface area contributed by atoms with Crippen LogP contribution in [0.2, 0.25) is 0 Å². The van der Waals surface area contributed by atoms with Gasteiger partial charge in [0.2, 0.25) is 0 Å². The first kappa shape index (κ1) is 12.6. The fourth-order valence-electron chi connectivity index (χ4n) is 3.60. The van der Waals surface area contributed by atoms with E-state index in [1.54, 1.807) is 4.88 Å². The predicted molar refractivity (Wildman–Crippen MR) is 78.4 cm³/mol. The summed E-state index contributed by atoms with van der Waals surface area (Å²) in [6.07, 6.45) is 6.96. The van der Waals surface area contributed by atoms with Gasteiger partial charge in [0.1, 0.15) is 0 Å². The molecule has 2 heterocycles. The Morgan fingerprint density at radius 3 is 2.78 bits per heavy atom. The second-order valence-electron chi connectivity index (χ2n) is 6.01. The van der Waals surface area contributed by atoms with Gasteiger partial charge in [-0.15, -0.1) is 11.3 Å². The van der Waals surface area contributed by atoms with Crippen molar-refractivity contribution in [1.29, 1.82) is 0 Å². The maximum absolute atomic E-state index is 3.90. The highest BCUT2D eigenvalue weighted by atomic mass is 32.1. The molecule has 0 aromatic carbocycles. The standard InChI is InChI=1S/C15H24N2S/c1-17-10-12(15-7-4-8-18-15)9-14(11-17)16-13-5-2-3-6-13/h4,7-8,12-14,16H,2-3,5-6,9-11H2,1H3. The number of piperidine rings is 1. The first-order valence-electron chi connectivity index (χ1n) is 7.29. The van der Waals surface area contributed by atoms with Crippen LogP contribution in [-0.4, -0.2) is 37.1 Å². The Kier molecular flexibility index (Phi) is 4.02. The summed E-state index contributed by atoms with van der Waals surface area (Å²) in [7, 11) is 2.27. The van der Waals surface area contributed by atoms with Crippen LogP contribution in [0, 0.1) is 0 Å². The van der Waals surface area contributed by atoms with E-state index >= 15 is 0 Å². The number of nitrogens with one attached hydrogen (secondary N) is 1. The molecule has 18 heavy (non-hydrogen) atoms. The van der Waals surface area contributed by atoms with Gasteiger partial charge in [-0.2, -0.15) is 0 Å². The smallest absolute Gasteiger partial charge is 0.0204 e. The van der Waals surface area contributed by atoms with Gasteiger partial charge >= 0.3 is 0 Å². The minimum Gasteiger partial charge on any atom is -0.310 e. The largest absolute Gasteiger partial charge is 0.310 e. The van der Waals surface area contributed by atoms with E-state index in [0.29, 0.717) is 6.04 Å². The Labute approximate surface area is 114 Å². The van der Waals surface area contributed by atoms with Crippen molar-refractivity contribution in [3.63, 3.8) is 0 Å². The summed E-state index contributed by atoms with van der Waals surface area (Å²) in [5.41, 5.74) is 0. The molecule has 1 aromatic rings. The highest BCUT2D eigenvalue weighted by Gasteiger charge is 2.28. The topological polar surface area (TPSA) is 15.3 Å². The van der Waals surface area contributed by atoms with Crippen molar-refractivity contribution in [1.82, 2.24) is 10.2 Å². The van der Waals surface area contributed by atoms with Gasteiger partial charge in [-0.3, -0.25) is 0 Å². The molecular weight excluding hydrogens is 240 g/mol. The van der Waals surface area contributed by atoms with Crippen molar-refractivity contribution in [2.45, 2.75) is 50.1 Å². The molecule has 1 aliphatic heterocycles. The fraction of sp³-hybridized carbons (Fsp3) is 0.733. The predicted octanol–water partition coefficient (Wildman–Crippen LogP) is 3.07. The van der Waals surface area contributed by atoms with E-state index < -0.39 is 0 Å². The van der Waals surface area contributed by atoms with Crippen molar-refractivity contribution in [3.8, 4) is 0 Å². The highest BCUT2D eigenvalue weighted by Crippen LogP contribution is 2.30. The van der Waals surface area contributed by atoms with Crippen LogP contribution in [0.1, 0.15) is 42.9 Å². The van der Waals surface area contributed by atoms with Crippen LogP contribution in [0.25, 0.3) is 0 Å². The second kappa shape index (κ2) is 5.72. The highest BCUT2D eigenvalue weighted by molar-refractivity contribution is 7.10. The van der Waals surface area contributed by atoms with E-state index in [4.69, 9.17) is 0 Å². The molecule has 2 nitrogen and oxygen atoms in total. The van der Waals surface area contributed by atoms with E-state index in [1.165, 1.54) is 45.2 Å². The van der Waals surface area contributed by atoms with Gasteiger partial charge in [-0.05, 0) is 37.8 Å². The molecule has 0 radical (unpaired) electrons. The van der Waals surface area contributed by atoms with Gasteiger partial charge in [0.25, 0.3) is 0 Å². The molecule has 1 aliphatic carbocycles. The molecule has 2 unspecified atom stereocenters. The number of nitrogens with zero attached hydrogens (tertiary/aromatic N) is 1. The lowest BCUT2D eigenvalue weighted by molar-refractivity contribution is 0.196. The third-order valence-electron chi connectivity index (χ3n) is 4.41. The molecule has 1 N–H and O–H groups in total. The minimum absolute atomic E-state index is 0.693. The van der Waals surface area contributed by atoms with Gasteiger partial charge < -0.3 is 10.2 Å². The van der Waals surface area contributed by atoms with E-state index in [2.05, 4.69) is 34.8 Å². The summed E-state index contributed by atoms with van der Waals surface area (Å²) in [5.74, 6) is 0.739. The van der Waals surface area contributed by atoms with Crippen LogP contribution in [0.4, 0.5) is 0 Å². The minimum atomic E-state index is 0.693. The Morgan fingerprint density at radius 2 is 2.06 bits per heavy atom. The molecule has 0 amide bonds. The summed E-state index contributed by atoms with van der Waals surface area (Å²) in [6.45, 7) is 2.45. The average Bonchev–Trinajstić information content (AvgIpc) is 3.00. The Morgan fingerprint density at radius 1 is 1.22 bits per heavy atom. The third kappa shape index (κ3) is 2.95. The number of thiophene rings is 1. The molecule has 100 valence electrons. The molecule has 1 aromatic heterocycles. The van der Waals surface area contributed by atoms with Gasteiger partial charge in [0.05, 0.1) is 0 Å². The van der Waals surface area contributed by atoms with Crippen molar-refractivity contribution >= 4 is 11.3 Å². The molecule has 3 heteroatoms. The number of rotatable bonds is 3. The molecule has 2 fully saturated rings. The molecule has 3 rings (SSSR count). The Hall–Kier alpha value is -0.380. The number of likely N-dealkylation sites (tertiary alicyclic amines) is 1. The van der Waals surface area contributed by atoms with Crippen LogP contribution in [0.5, 0.6) is 0 Å². The molecule has 1 saturated carbocycles. The van der Waals surface area contributed by atoms with E-state index in [1.807, 2.05) is 11.3 Å². The molecule has 1 saturated heterocycles.